The van der Waals surface area contributed by atoms with Gasteiger partial charge >= 0.3 is 6.09 Å². The highest BCUT2D eigenvalue weighted by molar-refractivity contribution is 6.04. The molecule has 2 fully saturated rings. The Morgan fingerprint density at radius 1 is 1.06 bits per heavy atom. The molecule has 0 radical (unpaired) electrons. The van der Waals surface area contributed by atoms with Crippen molar-refractivity contribution in [3.8, 4) is 5.75 Å². The lowest BCUT2D eigenvalue weighted by Gasteiger charge is -2.40. The summed E-state index contributed by atoms with van der Waals surface area (Å²) in [7, 11) is 1.63. The first kappa shape index (κ1) is 39.1. The maximum Gasteiger partial charge on any atom is 0.410 e. The Balaban J connectivity index is 1.42. The maximum atomic E-state index is 14.7. The third kappa shape index (κ3) is 9.83. The van der Waals surface area contributed by atoms with Crippen LogP contribution in [0.4, 0.5) is 16.2 Å². The molecule has 1 saturated carbocycles. The number of nitrogens with zero attached hydrogens (tertiary/aromatic N) is 3. The van der Waals surface area contributed by atoms with Gasteiger partial charge in [0.25, 0.3) is 5.91 Å². The summed E-state index contributed by atoms with van der Waals surface area (Å²) in [5.74, 6) is -1.31. The predicted octanol–water partition coefficient (Wildman–Crippen LogP) is 5.36. The summed E-state index contributed by atoms with van der Waals surface area (Å²) in [6.45, 7) is 12.8. The highest BCUT2D eigenvalue weighted by Crippen LogP contribution is 2.43. The van der Waals surface area contributed by atoms with E-state index in [9.17, 15) is 19.2 Å². The van der Waals surface area contributed by atoms with Crippen molar-refractivity contribution >= 4 is 35.2 Å². The fourth-order valence-corrected chi connectivity index (χ4v) is 6.92. The molecule has 5 rings (SSSR count). The van der Waals surface area contributed by atoms with E-state index in [4.69, 9.17) is 18.9 Å². The van der Waals surface area contributed by atoms with Crippen LogP contribution in [-0.2, 0) is 35.0 Å². The molecule has 0 bridgehead atoms. The molecule has 0 spiro atoms. The molecular weight excluding hydrogens is 664 g/mol. The van der Waals surface area contributed by atoms with Gasteiger partial charge in [-0.1, -0.05) is 30.3 Å². The zero-order valence-electron chi connectivity index (χ0n) is 31.8. The van der Waals surface area contributed by atoms with E-state index in [1.54, 1.807) is 51.5 Å². The number of carbonyl (C=O) groups excluding carboxylic acids is 4. The van der Waals surface area contributed by atoms with E-state index >= 15 is 0 Å². The Morgan fingerprint density at radius 3 is 2.42 bits per heavy atom. The van der Waals surface area contributed by atoms with Gasteiger partial charge < -0.3 is 39.0 Å². The van der Waals surface area contributed by atoms with Gasteiger partial charge in [0.15, 0.2) is 5.60 Å². The zero-order valence-corrected chi connectivity index (χ0v) is 31.8. The number of likely N-dealkylation sites (tertiary alicyclic amines) is 1. The number of amides is 4. The van der Waals surface area contributed by atoms with E-state index in [1.165, 1.54) is 4.90 Å². The first-order chi connectivity index (χ1) is 24.7. The standard InChI is InChI=1S/C40H56N4O8/c1-8-50-26-30(21-27-13-10-9-11-14-27)41-35(45)28-22-29(25-42(24-28)38(48)52-39(2,3)4)36(46)44(31-15-16-31)32-17-18-34-33(23-32)43(19-12-20-49-7)37(47)40(5,6)51-34/h9-11,13-14,17-18,23,28-31H,8,12,15-16,19-22,24-26H2,1-7H3,(H,41,45)/t28-,29+,30+/m0/s1. The van der Waals surface area contributed by atoms with Crippen molar-refractivity contribution in [2.75, 3.05) is 56.4 Å². The van der Waals surface area contributed by atoms with Crippen LogP contribution < -0.4 is 19.9 Å². The van der Waals surface area contributed by atoms with Crippen LogP contribution in [0.5, 0.6) is 5.75 Å². The van der Waals surface area contributed by atoms with E-state index < -0.39 is 29.1 Å². The smallest absolute Gasteiger partial charge is 0.410 e. The van der Waals surface area contributed by atoms with E-state index in [-0.39, 0.29) is 49.3 Å². The van der Waals surface area contributed by atoms with Crippen LogP contribution in [0.15, 0.2) is 48.5 Å². The SMILES string of the molecule is CCOC[C@@H](Cc1ccccc1)NC(=O)[C@H]1C[C@@H](C(=O)N(c2ccc3c(c2)N(CCCOC)C(=O)C(C)(C)O3)C2CC2)CN(C(=O)OC(C)(C)C)C1. The van der Waals surface area contributed by atoms with Crippen molar-refractivity contribution in [1.29, 1.82) is 0 Å². The Bertz CT molecular complexity index is 1570. The summed E-state index contributed by atoms with van der Waals surface area (Å²) in [5, 5.41) is 3.18. The number of piperidine rings is 1. The molecule has 0 aromatic heterocycles. The van der Waals surface area contributed by atoms with Crippen LogP contribution in [0.3, 0.4) is 0 Å². The van der Waals surface area contributed by atoms with Gasteiger partial charge in [-0.2, -0.15) is 0 Å². The topological polar surface area (TPSA) is 127 Å². The van der Waals surface area contributed by atoms with E-state index in [0.29, 0.717) is 56.3 Å². The van der Waals surface area contributed by atoms with Gasteiger partial charge in [-0.25, -0.2) is 4.79 Å². The Hall–Kier alpha value is -4.16. The molecule has 3 atom stereocenters. The summed E-state index contributed by atoms with van der Waals surface area (Å²) in [4.78, 5) is 60.8. The van der Waals surface area contributed by atoms with Crippen LogP contribution in [0, 0.1) is 11.8 Å². The van der Waals surface area contributed by atoms with Crippen molar-refractivity contribution < 1.29 is 38.1 Å². The molecule has 12 heteroatoms. The van der Waals surface area contributed by atoms with Gasteiger partial charge in [0, 0.05) is 51.7 Å². The van der Waals surface area contributed by atoms with Gasteiger partial charge in [0.2, 0.25) is 11.8 Å². The molecule has 1 aliphatic carbocycles. The van der Waals surface area contributed by atoms with Crippen LogP contribution in [0.2, 0.25) is 0 Å². The lowest BCUT2D eigenvalue weighted by molar-refractivity contribution is -0.133. The van der Waals surface area contributed by atoms with Crippen molar-refractivity contribution in [3.05, 3.63) is 54.1 Å². The predicted molar refractivity (Wildman–Crippen MR) is 198 cm³/mol. The lowest BCUT2D eigenvalue weighted by atomic mass is 9.87. The van der Waals surface area contributed by atoms with Gasteiger partial charge in [0.05, 0.1) is 30.2 Å². The summed E-state index contributed by atoms with van der Waals surface area (Å²) in [6.07, 6.45) is 2.58. The number of methoxy groups -OCH3 is 1. The third-order valence-corrected chi connectivity index (χ3v) is 9.53. The number of carbonyl (C=O) groups is 4. The fourth-order valence-electron chi connectivity index (χ4n) is 6.92. The van der Waals surface area contributed by atoms with Crippen LogP contribution >= 0.6 is 0 Å². The van der Waals surface area contributed by atoms with Gasteiger partial charge in [0.1, 0.15) is 11.4 Å². The number of hydrogen-bond acceptors (Lipinski definition) is 8. The minimum absolute atomic E-state index is 0.0326. The van der Waals surface area contributed by atoms with E-state index in [1.807, 2.05) is 55.5 Å². The molecule has 3 aliphatic rings. The summed E-state index contributed by atoms with van der Waals surface area (Å²) >= 11 is 0. The summed E-state index contributed by atoms with van der Waals surface area (Å²) < 4.78 is 22.9. The second kappa shape index (κ2) is 16.7. The van der Waals surface area contributed by atoms with Crippen LogP contribution in [0.1, 0.15) is 72.8 Å². The van der Waals surface area contributed by atoms with E-state index in [0.717, 1.165) is 18.4 Å². The molecule has 4 amide bonds. The number of rotatable bonds is 14. The lowest BCUT2D eigenvalue weighted by Crippen LogP contribution is -2.55. The largest absolute Gasteiger partial charge is 0.476 e. The highest BCUT2D eigenvalue weighted by Gasteiger charge is 2.45. The first-order valence-corrected chi connectivity index (χ1v) is 18.6. The normalized spacial score (nSPS) is 20.4. The zero-order chi connectivity index (χ0) is 37.6. The molecule has 12 nitrogen and oxygen atoms in total. The van der Waals surface area contributed by atoms with E-state index in [2.05, 4.69) is 5.32 Å². The average molecular weight is 721 g/mol. The molecule has 2 heterocycles. The van der Waals surface area contributed by atoms with Gasteiger partial charge in [-0.15, -0.1) is 0 Å². The number of nitrogens with one attached hydrogen (secondary N) is 1. The Morgan fingerprint density at radius 2 is 1.77 bits per heavy atom. The second-order valence-corrected chi connectivity index (χ2v) is 15.6. The highest BCUT2D eigenvalue weighted by atomic mass is 16.6. The number of fused-ring (bicyclic) bond motifs is 1. The minimum Gasteiger partial charge on any atom is -0.476 e. The molecule has 2 aromatic rings. The number of anilines is 2. The molecule has 1 saturated heterocycles. The molecule has 284 valence electrons. The molecule has 52 heavy (non-hydrogen) atoms. The molecule has 2 aromatic carbocycles. The monoisotopic (exact) mass is 720 g/mol. The van der Waals surface area contributed by atoms with Crippen LogP contribution in [0.25, 0.3) is 0 Å². The second-order valence-electron chi connectivity index (χ2n) is 15.6. The van der Waals surface area contributed by atoms with Crippen molar-refractivity contribution in [3.63, 3.8) is 0 Å². The number of hydrogen-bond donors (Lipinski definition) is 1. The van der Waals surface area contributed by atoms with Gasteiger partial charge in [-0.05, 0) is 97.4 Å². The number of ether oxygens (including phenoxy) is 4. The van der Waals surface area contributed by atoms with Crippen molar-refractivity contribution in [2.24, 2.45) is 11.8 Å². The average Bonchev–Trinajstić information content (AvgIpc) is 3.94. The maximum absolute atomic E-state index is 14.7. The van der Waals surface area contributed by atoms with Crippen molar-refractivity contribution in [2.45, 2.75) is 96.9 Å². The summed E-state index contributed by atoms with van der Waals surface area (Å²) in [6, 6.07) is 15.1. The molecule has 1 N–H and O–H groups in total. The fraction of sp³-hybridized carbons (Fsp3) is 0.600. The number of benzene rings is 2. The molecule has 2 aliphatic heterocycles. The summed E-state index contributed by atoms with van der Waals surface area (Å²) in [5.41, 5.74) is 0.522. The van der Waals surface area contributed by atoms with Crippen molar-refractivity contribution in [1.82, 2.24) is 10.2 Å². The quantitative estimate of drug-likeness (QED) is 0.259. The van der Waals surface area contributed by atoms with Gasteiger partial charge in [-0.3, -0.25) is 14.4 Å². The Labute approximate surface area is 308 Å². The molecular formula is C40H56N4O8. The first-order valence-electron chi connectivity index (χ1n) is 18.6. The molecule has 0 unspecified atom stereocenters. The Kier molecular flexibility index (Phi) is 12.5. The van der Waals surface area contributed by atoms with Crippen LogP contribution in [-0.4, -0.2) is 98.6 Å². The minimum atomic E-state index is -1.04. The third-order valence-electron chi connectivity index (χ3n) is 9.53.